The average molecular weight is 332 g/mol. The van der Waals surface area contributed by atoms with Gasteiger partial charge in [-0.15, -0.1) is 5.10 Å². The van der Waals surface area contributed by atoms with E-state index in [1.165, 1.54) is 6.20 Å². The van der Waals surface area contributed by atoms with Crippen molar-refractivity contribution in [2.45, 2.75) is 0 Å². The highest BCUT2D eigenvalue weighted by Gasteiger charge is 2.02. The van der Waals surface area contributed by atoms with Gasteiger partial charge in [0, 0.05) is 21.4 Å². The maximum Gasteiger partial charge on any atom is 0.249 e. The molecule has 0 amide bonds. The van der Waals surface area contributed by atoms with E-state index in [0.29, 0.717) is 21.8 Å². The Morgan fingerprint density at radius 2 is 1.64 bits per heavy atom. The summed E-state index contributed by atoms with van der Waals surface area (Å²) in [5.41, 5.74) is 1.65. The summed E-state index contributed by atoms with van der Waals surface area (Å²) >= 11 is 11.8. The predicted octanol–water partition coefficient (Wildman–Crippen LogP) is 4.67. The van der Waals surface area contributed by atoms with Crippen molar-refractivity contribution in [3.63, 3.8) is 0 Å². The normalized spacial score (nSPS) is 10.3. The average Bonchev–Trinajstić information content (AvgIpc) is 2.50. The number of hydrogen-bond donors (Lipinski definition) is 2. The molecule has 22 heavy (non-hydrogen) atoms. The first-order chi connectivity index (χ1) is 10.7. The Morgan fingerprint density at radius 1 is 0.818 bits per heavy atom. The Bertz CT molecular complexity index is 777. The summed E-state index contributed by atoms with van der Waals surface area (Å²) < 4.78 is 0. The number of benzene rings is 2. The molecule has 110 valence electrons. The van der Waals surface area contributed by atoms with Crippen molar-refractivity contribution in [3.8, 4) is 0 Å². The first kappa shape index (κ1) is 14.6. The third-order valence-electron chi connectivity index (χ3n) is 2.76. The summed E-state index contributed by atoms with van der Waals surface area (Å²) in [5.74, 6) is 0.947. The van der Waals surface area contributed by atoms with Gasteiger partial charge < -0.3 is 10.6 Å². The van der Waals surface area contributed by atoms with Crippen LogP contribution in [0.5, 0.6) is 0 Å². The van der Waals surface area contributed by atoms with Crippen LogP contribution in [0.25, 0.3) is 0 Å². The van der Waals surface area contributed by atoms with Crippen LogP contribution in [0, 0.1) is 0 Å². The molecule has 3 rings (SSSR count). The minimum atomic E-state index is 0.376. The maximum absolute atomic E-state index is 5.94. The lowest BCUT2D eigenvalue weighted by atomic mass is 10.3. The molecule has 1 aromatic heterocycles. The van der Waals surface area contributed by atoms with Gasteiger partial charge >= 0.3 is 0 Å². The number of anilines is 4. The molecule has 0 radical (unpaired) electrons. The first-order valence-corrected chi connectivity index (χ1v) is 7.19. The molecule has 0 aliphatic heterocycles. The molecule has 2 aromatic carbocycles. The Balaban J connectivity index is 1.76. The smallest absolute Gasteiger partial charge is 0.249 e. The van der Waals surface area contributed by atoms with Crippen molar-refractivity contribution in [3.05, 3.63) is 64.8 Å². The van der Waals surface area contributed by atoms with Gasteiger partial charge in [-0.05, 0) is 42.5 Å². The predicted molar refractivity (Wildman–Crippen MR) is 89.3 cm³/mol. The zero-order valence-corrected chi connectivity index (χ0v) is 12.8. The fraction of sp³-hybridized carbons (Fsp3) is 0. The van der Waals surface area contributed by atoms with Crippen molar-refractivity contribution >= 4 is 46.3 Å². The third kappa shape index (κ3) is 3.84. The van der Waals surface area contributed by atoms with Crippen molar-refractivity contribution in [1.29, 1.82) is 0 Å². The van der Waals surface area contributed by atoms with E-state index in [1.807, 2.05) is 24.3 Å². The van der Waals surface area contributed by atoms with Gasteiger partial charge in [0.25, 0.3) is 0 Å². The van der Waals surface area contributed by atoms with Crippen LogP contribution in [0.15, 0.2) is 54.7 Å². The Hall–Kier alpha value is -2.37. The monoisotopic (exact) mass is 331 g/mol. The van der Waals surface area contributed by atoms with Crippen LogP contribution >= 0.6 is 23.2 Å². The van der Waals surface area contributed by atoms with Gasteiger partial charge in [-0.25, -0.2) is 0 Å². The lowest BCUT2D eigenvalue weighted by molar-refractivity contribution is 0.982. The van der Waals surface area contributed by atoms with Crippen LogP contribution in [0.3, 0.4) is 0 Å². The van der Waals surface area contributed by atoms with Gasteiger partial charge in [0.2, 0.25) is 5.95 Å². The zero-order valence-electron chi connectivity index (χ0n) is 11.3. The molecule has 7 heteroatoms. The second-order valence-corrected chi connectivity index (χ2v) is 5.31. The Labute approximate surface area is 137 Å². The van der Waals surface area contributed by atoms with Gasteiger partial charge in [0.1, 0.15) is 0 Å². The minimum absolute atomic E-state index is 0.376. The number of nitrogens with one attached hydrogen (secondary N) is 2. The molecular formula is C15H11Cl2N5. The molecule has 0 aliphatic rings. The van der Waals surface area contributed by atoms with Crippen LogP contribution in [-0.4, -0.2) is 15.2 Å². The first-order valence-electron chi connectivity index (χ1n) is 6.44. The summed E-state index contributed by atoms with van der Waals surface area (Å²) in [6.45, 7) is 0. The Morgan fingerprint density at radius 3 is 2.41 bits per heavy atom. The van der Waals surface area contributed by atoms with E-state index in [4.69, 9.17) is 23.2 Å². The van der Waals surface area contributed by atoms with E-state index < -0.39 is 0 Å². The van der Waals surface area contributed by atoms with Gasteiger partial charge in [-0.3, -0.25) is 0 Å². The van der Waals surface area contributed by atoms with Crippen molar-refractivity contribution in [1.82, 2.24) is 15.2 Å². The van der Waals surface area contributed by atoms with Crippen LogP contribution in [0.2, 0.25) is 10.0 Å². The third-order valence-corrected chi connectivity index (χ3v) is 3.24. The fourth-order valence-corrected chi connectivity index (χ4v) is 2.11. The standard InChI is InChI=1S/C15H11Cl2N5/c16-10-4-6-12(7-5-10)19-14-9-18-22-15(21-14)20-13-3-1-2-11(17)8-13/h1-9H,(H2,19,20,21,22). The van der Waals surface area contributed by atoms with Crippen molar-refractivity contribution in [2.75, 3.05) is 10.6 Å². The topological polar surface area (TPSA) is 62.7 Å². The number of nitrogens with zero attached hydrogens (tertiary/aromatic N) is 3. The fourth-order valence-electron chi connectivity index (χ4n) is 1.79. The molecule has 0 saturated carbocycles. The van der Waals surface area contributed by atoms with Crippen molar-refractivity contribution in [2.24, 2.45) is 0 Å². The highest BCUT2D eigenvalue weighted by Crippen LogP contribution is 2.20. The largest absolute Gasteiger partial charge is 0.339 e. The second-order valence-electron chi connectivity index (χ2n) is 4.43. The number of rotatable bonds is 4. The van der Waals surface area contributed by atoms with E-state index >= 15 is 0 Å². The number of hydrogen-bond acceptors (Lipinski definition) is 5. The summed E-state index contributed by atoms with van der Waals surface area (Å²) in [4.78, 5) is 4.34. The Kier molecular flexibility index (Phi) is 4.37. The van der Waals surface area contributed by atoms with E-state index in [-0.39, 0.29) is 0 Å². The van der Waals surface area contributed by atoms with E-state index in [0.717, 1.165) is 11.4 Å². The summed E-state index contributed by atoms with van der Waals surface area (Å²) in [7, 11) is 0. The van der Waals surface area contributed by atoms with Gasteiger partial charge in [0.05, 0.1) is 6.20 Å². The van der Waals surface area contributed by atoms with E-state index in [9.17, 15) is 0 Å². The molecule has 3 aromatic rings. The molecule has 0 spiro atoms. The summed E-state index contributed by atoms with van der Waals surface area (Å²) in [6.07, 6.45) is 1.54. The maximum atomic E-state index is 5.94. The molecular weight excluding hydrogens is 321 g/mol. The van der Waals surface area contributed by atoms with Gasteiger partial charge in [0.15, 0.2) is 5.82 Å². The van der Waals surface area contributed by atoms with Crippen LogP contribution in [0.1, 0.15) is 0 Å². The molecule has 0 atom stereocenters. The molecule has 0 aliphatic carbocycles. The van der Waals surface area contributed by atoms with Gasteiger partial charge in [-0.2, -0.15) is 10.1 Å². The zero-order chi connectivity index (χ0) is 15.4. The molecule has 0 saturated heterocycles. The molecule has 0 bridgehead atoms. The van der Waals surface area contributed by atoms with Gasteiger partial charge in [-0.1, -0.05) is 29.3 Å². The van der Waals surface area contributed by atoms with Crippen LogP contribution in [-0.2, 0) is 0 Å². The highest BCUT2D eigenvalue weighted by atomic mass is 35.5. The van der Waals surface area contributed by atoms with Crippen LogP contribution in [0.4, 0.5) is 23.1 Å². The lowest BCUT2D eigenvalue weighted by Gasteiger charge is -2.08. The van der Waals surface area contributed by atoms with Crippen molar-refractivity contribution < 1.29 is 0 Å². The van der Waals surface area contributed by atoms with Crippen LogP contribution < -0.4 is 10.6 Å². The molecule has 1 heterocycles. The molecule has 0 fully saturated rings. The summed E-state index contributed by atoms with van der Waals surface area (Å²) in [6, 6.07) is 14.6. The SMILES string of the molecule is Clc1ccc(Nc2cnnc(Nc3cccc(Cl)c3)n2)cc1. The minimum Gasteiger partial charge on any atom is -0.339 e. The number of aromatic nitrogens is 3. The van der Waals surface area contributed by atoms with E-state index in [2.05, 4.69) is 25.8 Å². The summed E-state index contributed by atoms with van der Waals surface area (Å²) in [5, 5.41) is 15.4. The molecule has 2 N–H and O–H groups in total. The second kappa shape index (κ2) is 6.60. The molecule has 5 nitrogen and oxygen atoms in total. The number of halogens is 2. The quantitative estimate of drug-likeness (QED) is 0.727. The highest BCUT2D eigenvalue weighted by molar-refractivity contribution is 6.31. The molecule has 0 unspecified atom stereocenters. The van der Waals surface area contributed by atoms with E-state index in [1.54, 1.807) is 24.3 Å². The lowest BCUT2D eigenvalue weighted by Crippen LogP contribution is -2.02.